The molecule has 0 spiro atoms. The van der Waals surface area contributed by atoms with Gasteiger partial charge in [-0.25, -0.2) is 0 Å². The highest BCUT2D eigenvalue weighted by Gasteiger charge is 2.12. The highest BCUT2D eigenvalue weighted by Crippen LogP contribution is 2.17. The maximum atomic E-state index is 11.0. The third-order valence-electron chi connectivity index (χ3n) is 2.65. The molecule has 1 unspecified atom stereocenters. The average molecular weight is 219 g/mol. The van der Waals surface area contributed by atoms with E-state index in [1.165, 1.54) is 5.56 Å². The van der Waals surface area contributed by atoms with Crippen LogP contribution in [0.5, 0.6) is 0 Å². The van der Waals surface area contributed by atoms with E-state index in [1.807, 2.05) is 19.0 Å². The van der Waals surface area contributed by atoms with E-state index in [2.05, 4.69) is 38.1 Å². The molecular formula is C14H21NO. The molecule has 0 aliphatic carbocycles. The van der Waals surface area contributed by atoms with E-state index in [0.29, 0.717) is 5.92 Å². The van der Waals surface area contributed by atoms with Gasteiger partial charge in [0.1, 0.15) is 6.29 Å². The van der Waals surface area contributed by atoms with Crippen LogP contribution in [-0.4, -0.2) is 25.3 Å². The molecular weight excluding hydrogens is 198 g/mol. The third-order valence-corrected chi connectivity index (χ3v) is 2.65. The summed E-state index contributed by atoms with van der Waals surface area (Å²) in [4.78, 5) is 12.9. The number of likely N-dealkylation sites (N-methyl/N-ethyl adjacent to an activating group) is 1. The summed E-state index contributed by atoms with van der Waals surface area (Å²) in [5, 5.41) is 0. The Morgan fingerprint density at radius 1 is 1.19 bits per heavy atom. The number of hydrogen-bond donors (Lipinski definition) is 0. The number of rotatable bonds is 5. The zero-order valence-corrected chi connectivity index (χ0v) is 10.6. The van der Waals surface area contributed by atoms with Gasteiger partial charge in [0, 0.05) is 0 Å². The normalized spacial score (nSPS) is 13.1. The van der Waals surface area contributed by atoms with Crippen molar-refractivity contribution in [3.63, 3.8) is 0 Å². The Bertz CT molecular complexity index is 327. The zero-order valence-electron chi connectivity index (χ0n) is 10.6. The van der Waals surface area contributed by atoms with Crippen LogP contribution in [0.2, 0.25) is 0 Å². The van der Waals surface area contributed by atoms with Gasteiger partial charge in [-0.2, -0.15) is 0 Å². The molecule has 16 heavy (non-hydrogen) atoms. The molecule has 1 aromatic rings. The molecule has 1 rings (SSSR count). The van der Waals surface area contributed by atoms with E-state index in [1.54, 1.807) is 0 Å². The molecule has 0 N–H and O–H groups in total. The van der Waals surface area contributed by atoms with Crippen molar-refractivity contribution in [1.82, 2.24) is 4.90 Å². The molecule has 0 aliphatic heterocycles. The molecule has 1 aromatic carbocycles. The second-order valence-electron chi connectivity index (χ2n) is 4.88. The van der Waals surface area contributed by atoms with Crippen LogP contribution in [0.1, 0.15) is 31.0 Å². The number of carbonyl (C=O) groups is 1. The summed E-state index contributed by atoms with van der Waals surface area (Å²) in [5.74, 6) is 0.668. The molecule has 0 saturated heterocycles. The zero-order chi connectivity index (χ0) is 12.1. The summed E-state index contributed by atoms with van der Waals surface area (Å²) < 4.78 is 0. The predicted molar refractivity (Wildman–Crippen MR) is 67.5 cm³/mol. The van der Waals surface area contributed by atoms with Crippen LogP contribution in [0.25, 0.3) is 0 Å². The number of hydrogen-bond acceptors (Lipinski definition) is 2. The molecule has 0 heterocycles. The molecule has 2 heteroatoms. The lowest BCUT2D eigenvalue weighted by Crippen LogP contribution is -2.20. The summed E-state index contributed by atoms with van der Waals surface area (Å²) in [5.41, 5.74) is 2.40. The third kappa shape index (κ3) is 3.46. The Morgan fingerprint density at radius 2 is 1.75 bits per heavy atom. The second-order valence-corrected chi connectivity index (χ2v) is 4.88. The van der Waals surface area contributed by atoms with Crippen LogP contribution in [0, 0.1) is 5.92 Å². The van der Waals surface area contributed by atoms with Gasteiger partial charge in [-0.05, 0) is 37.6 Å². The van der Waals surface area contributed by atoms with Gasteiger partial charge < -0.3 is 4.79 Å². The minimum absolute atomic E-state index is 0.131. The summed E-state index contributed by atoms with van der Waals surface area (Å²) in [6.07, 6.45) is 2.07. The largest absolute Gasteiger partial charge is 0.301 e. The summed E-state index contributed by atoms with van der Waals surface area (Å²) in [7, 11) is 3.84. The molecule has 0 bridgehead atoms. The van der Waals surface area contributed by atoms with Crippen molar-refractivity contribution >= 4 is 6.29 Å². The molecule has 1 atom stereocenters. The molecule has 0 amide bonds. The van der Waals surface area contributed by atoms with E-state index in [4.69, 9.17) is 0 Å². The molecule has 2 nitrogen and oxygen atoms in total. The molecule has 0 fully saturated rings. The number of aldehydes is 1. The van der Waals surface area contributed by atoms with Crippen LogP contribution >= 0.6 is 0 Å². The molecule has 0 aromatic heterocycles. The van der Waals surface area contributed by atoms with E-state index in [-0.39, 0.29) is 6.04 Å². The Morgan fingerprint density at radius 3 is 2.12 bits per heavy atom. The van der Waals surface area contributed by atoms with Gasteiger partial charge in [-0.3, -0.25) is 4.90 Å². The van der Waals surface area contributed by atoms with Crippen molar-refractivity contribution in [2.45, 2.75) is 26.3 Å². The summed E-state index contributed by atoms with van der Waals surface area (Å²) in [6.45, 7) is 4.42. The Kier molecular flexibility index (Phi) is 4.69. The van der Waals surface area contributed by atoms with E-state index < -0.39 is 0 Å². The van der Waals surface area contributed by atoms with Crippen molar-refractivity contribution in [3.8, 4) is 0 Å². The fourth-order valence-corrected chi connectivity index (χ4v) is 1.82. The first kappa shape index (κ1) is 12.9. The van der Waals surface area contributed by atoms with Crippen LogP contribution in [0.3, 0.4) is 0 Å². The van der Waals surface area contributed by atoms with Gasteiger partial charge in [0.2, 0.25) is 0 Å². The first-order valence-corrected chi connectivity index (χ1v) is 5.75. The number of nitrogens with zero attached hydrogens (tertiary/aromatic N) is 1. The van der Waals surface area contributed by atoms with Gasteiger partial charge in [-0.1, -0.05) is 38.1 Å². The van der Waals surface area contributed by atoms with Crippen LogP contribution in [0.15, 0.2) is 24.3 Å². The van der Waals surface area contributed by atoms with Gasteiger partial charge in [0.05, 0.1) is 6.04 Å². The Hall–Kier alpha value is -1.15. The average Bonchev–Trinajstić information content (AvgIpc) is 2.20. The van der Waals surface area contributed by atoms with Crippen molar-refractivity contribution in [1.29, 1.82) is 0 Å². The van der Waals surface area contributed by atoms with E-state index >= 15 is 0 Å². The van der Waals surface area contributed by atoms with Crippen LogP contribution < -0.4 is 0 Å². The lowest BCUT2D eigenvalue weighted by Gasteiger charge is -2.19. The van der Waals surface area contributed by atoms with Crippen LogP contribution in [0.4, 0.5) is 0 Å². The Balaban J connectivity index is 2.81. The first-order valence-electron chi connectivity index (χ1n) is 5.75. The van der Waals surface area contributed by atoms with E-state index in [0.717, 1.165) is 18.3 Å². The fraction of sp³-hybridized carbons (Fsp3) is 0.500. The first-order chi connectivity index (χ1) is 7.54. The Labute approximate surface area is 98.3 Å². The minimum Gasteiger partial charge on any atom is -0.301 e. The van der Waals surface area contributed by atoms with Crippen LogP contribution in [-0.2, 0) is 11.2 Å². The molecule has 88 valence electrons. The monoisotopic (exact) mass is 219 g/mol. The van der Waals surface area contributed by atoms with E-state index in [9.17, 15) is 4.79 Å². The van der Waals surface area contributed by atoms with Gasteiger partial charge in [-0.15, -0.1) is 0 Å². The minimum atomic E-state index is -0.131. The lowest BCUT2D eigenvalue weighted by atomic mass is 9.99. The second kappa shape index (κ2) is 5.80. The SMILES string of the molecule is CC(C)Cc1ccc(C(C=O)N(C)C)cc1. The standard InChI is InChI=1S/C14H21NO/c1-11(2)9-12-5-7-13(8-6-12)14(10-16)15(3)4/h5-8,10-11,14H,9H2,1-4H3. The maximum Gasteiger partial charge on any atom is 0.141 e. The topological polar surface area (TPSA) is 20.3 Å². The molecule has 0 radical (unpaired) electrons. The van der Waals surface area contributed by atoms with Gasteiger partial charge in [0.15, 0.2) is 0 Å². The van der Waals surface area contributed by atoms with Crippen molar-refractivity contribution in [2.75, 3.05) is 14.1 Å². The van der Waals surface area contributed by atoms with Crippen molar-refractivity contribution in [3.05, 3.63) is 35.4 Å². The summed E-state index contributed by atoms with van der Waals surface area (Å²) in [6, 6.07) is 8.21. The lowest BCUT2D eigenvalue weighted by molar-refractivity contribution is -0.111. The summed E-state index contributed by atoms with van der Waals surface area (Å²) >= 11 is 0. The number of carbonyl (C=O) groups excluding carboxylic acids is 1. The van der Waals surface area contributed by atoms with Gasteiger partial charge >= 0.3 is 0 Å². The molecule has 0 aliphatic rings. The quantitative estimate of drug-likeness (QED) is 0.710. The maximum absolute atomic E-state index is 11.0. The number of benzene rings is 1. The van der Waals surface area contributed by atoms with Crippen molar-refractivity contribution < 1.29 is 4.79 Å². The molecule has 0 saturated carbocycles. The fourth-order valence-electron chi connectivity index (χ4n) is 1.82. The predicted octanol–water partition coefficient (Wildman–Crippen LogP) is 2.69. The highest BCUT2D eigenvalue weighted by molar-refractivity contribution is 5.61. The van der Waals surface area contributed by atoms with Crippen molar-refractivity contribution in [2.24, 2.45) is 5.92 Å². The van der Waals surface area contributed by atoms with Gasteiger partial charge in [0.25, 0.3) is 0 Å². The highest BCUT2D eigenvalue weighted by atomic mass is 16.1. The smallest absolute Gasteiger partial charge is 0.141 e.